The number of aryl methyl sites for hydroxylation is 1. The van der Waals surface area contributed by atoms with E-state index in [1.54, 1.807) is 18.2 Å². The number of hydrogen-bond donors (Lipinski definition) is 2. The van der Waals surface area contributed by atoms with Gasteiger partial charge in [-0.25, -0.2) is 4.39 Å². The van der Waals surface area contributed by atoms with Crippen LogP contribution in [0, 0.1) is 12.7 Å². The van der Waals surface area contributed by atoms with E-state index in [-0.39, 0.29) is 11.9 Å². The van der Waals surface area contributed by atoms with Gasteiger partial charge >= 0.3 is 0 Å². The molecule has 0 spiro atoms. The Morgan fingerprint density at radius 2 is 2.00 bits per heavy atom. The van der Waals surface area contributed by atoms with E-state index in [1.165, 1.54) is 6.07 Å². The molecule has 2 nitrogen and oxygen atoms in total. The van der Waals surface area contributed by atoms with Gasteiger partial charge in [0.05, 0.1) is 11.7 Å². The second-order valence-corrected chi connectivity index (χ2v) is 5.29. The first-order chi connectivity index (χ1) is 9.11. The number of halogens is 2. The summed E-state index contributed by atoms with van der Waals surface area (Å²) in [7, 11) is 0. The zero-order chi connectivity index (χ0) is 13.8. The lowest BCUT2D eigenvalue weighted by Gasteiger charge is -2.20. The third kappa shape index (κ3) is 3.33. The Balaban J connectivity index is 2.28. The average Bonchev–Trinajstić information content (AvgIpc) is 2.39. The number of nitrogens with one attached hydrogen (secondary N) is 1. The molecule has 0 radical (unpaired) electrons. The summed E-state index contributed by atoms with van der Waals surface area (Å²) in [5, 5.41) is 3.14. The van der Waals surface area contributed by atoms with Crippen LogP contribution in [-0.4, -0.2) is 6.54 Å². The number of rotatable bonds is 4. The normalized spacial score (nSPS) is 12.2. The summed E-state index contributed by atoms with van der Waals surface area (Å²) in [4.78, 5) is 0. The second kappa shape index (κ2) is 6.17. The first-order valence-corrected chi connectivity index (χ1v) is 6.88. The molecule has 0 aliphatic rings. The van der Waals surface area contributed by atoms with Gasteiger partial charge in [-0.1, -0.05) is 40.2 Å². The van der Waals surface area contributed by atoms with Crippen molar-refractivity contribution in [2.75, 3.05) is 11.9 Å². The number of anilines is 1. The maximum atomic E-state index is 13.7. The van der Waals surface area contributed by atoms with Crippen molar-refractivity contribution >= 4 is 21.6 Å². The molecule has 100 valence electrons. The van der Waals surface area contributed by atoms with Gasteiger partial charge in [-0.3, -0.25) is 0 Å². The lowest BCUT2D eigenvalue weighted by molar-refractivity contribution is 0.625. The van der Waals surface area contributed by atoms with Crippen LogP contribution in [0.2, 0.25) is 0 Å². The van der Waals surface area contributed by atoms with Gasteiger partial charge in [0.15, 0.2) is 0 Å². The predicted octanol–water partition coefficient (Wildman–Crippen LogP) is 4.01. The number of benzene rings is 2. The van der Waals surface area contributed by atoms with E-state index in [1.807, 2.05) is 25.1 Å². The minimum absolute atomic E-state index is 0.133. The summed E-state index contributed by atoms with van der Waals surface area (Å²) < 4.78 is 14.6. The molecular weight excluding hydrogens is 307 g/mol. The van der Waals surface area contributed by atoms with Crippen molar-refractivity contribution in [3.8, 4) is 0 Å². The third-order valence-electron chi connectivity index (χ3n) is 2.97. The second-order valence-electron chi connectivity index (χ2n) is 4.44. The maximum Gasteiger partial charge on any atom is 0.146 e. The monoisotopic (exact) mass is 322 g/mol. The van der Waals surface area contributed by atoms with Gasteiger partial charge in [0.1, 0.15) is 5.82 Å². The average molecular weight is 323 g/mol. The molecular formula is C15H16BrFN2. The van der Waals surface area contributed by atoms with Crippen LogP contribution in [-0.2, 0) is 0 Å². The van der Waals surface area contributed by atoms with E-state index in [4.69, 9.17) is 5.73 Å². The number of para-hydroxylation sites is 1. The molecule has 2 aromatic rings. The van der Waals surface area contributed by atoms with Crippen molar-refractivity contribution in [3.63, 3.8) is 0 Å². The summed E-state index contributed by atoms with van der Waals surface area (Å²) in [5.74, 6) is -0.274. The molecule has 0 bridgehead atoms. The quantitative estimate of drug-likeness (QED) is 0.892. The van der Waals surface area contributed by atoms with Gasteiger partial charge in [0.25, 0.3) is 0 Å². The van der Waals surface area contributed by atoms with E-state index in [0.717, 1.165) is 15.6 Å². The fraction of sp³-hybridized carbons (Fsp3) is 0.200. The molecule has 0 aliphatic carbocycles. The molecule has 2 rings (SSSR count). The molecule has 0 heterocycles. The van der Waals surface area contributed by atoms with Crippen LogP contribution in [0.5, 0.6) is 0 Å². The molecule has 2 aromatic carbocycles. The van der Waals surface area contributed by atoms with Gasteiger partial charge in [0, 0.05) is 11.0 Å². The minimum atomic E-state index is -0.274. The molecule has 1 atom stereocenters. The van der Waals surface area contributed by atoms with Crippen LogP contribution in [0.15, 0.2) is 46.9 Å². The number of hydrogen-bond acceptors (Lipinski definition) is 2. The lowest BCUT2D eigenvalue weighted by atomic mass is 10.0. The molecule has 0 saturated carbocycles. The van der Waals surface area contributed by atoms with E-state index >= 15 is 0 Å². The Morgan fingerprint density at radius 1 is 1.26 bits per heavy atom. The molecule has 0 aliphatic heterocycles. The highest BCUT2D eigenvalue weighted by atomic mass is 79.9. The maximum absolute atomic E-state index is 13.7. The van der Waals surface area contributed by atoms with Crippen LogP contribution >= 0.6 is 15.9 Å². The first-order valence-electron chi connectivity index (χ1n) is 6.09. The Hall–Kier alpha value is -1.39. The Morgan fingerprint density at radius 3 is 2.63 bits per heavy atom. The molecule has 3 N–H and O–H groups in total. The Labute approximate surface area is 121 Å². The summed E-state index contributed by atoms with van der Waals surface area (Å²) in [6.07, 6.45) is 0. The molecule has 0 saturated heterocycles. The largest absolute Gasteiger partial charge is 0.375 e. The number of nitrogens with two attached hydrogens (primary N) is 1. The highest BCUT2D eigenvalue weighted by Gasteiger charge is 2.14. The van der Waals surface area contributed by atoms with Crippen LogP contribution in [0.25, 0.3) is 0 Å². The first kappa shape index (κ1) is 14.0. The van der Waals surface area contributed by atoms with Gasteiger partial charge in [-0.2, -0.15) is 0 Å². The van der Waals surface area contributed by atoms with Crippen molar-refractivity contribution in [2.45, 2.75) is 13.0 Å². The predicted molar refractivity (Wildman–Crippen MR) is 80.7 cm³/mol. The fourth-order valence-electron chi connectivity index (χ4n) is 1.94. The third-order valence-corrected chi connectivity index (χ3v) is 3.66. The molecule has 4 heteroatoms. The SMILES string of the molecule is Cc1ccc(C(CN)Nc2ccccc2F)c(Br)c1. The van der Waals surface area contributed by atoms with Gasteiger partial charge < -0.3 is 11.1 Å². The molecule has 1 unspecified atom stereocenters. The van der Waals surface area contributed by atoms with E-state index < -0.39 is 0 Å². The summed E-state index contributed by atoms with van der Waals surface area (Å²) >= 11 is 3.53. The smallest absolute Gasteiger partial charge is 0.146 e. The summed E-state index contributed by atoms with van der Waals surface area (Å²) in [6.45, 7) is 2.41. The van der Waals surface area contributed by atoms with Crippen molar-refractivity contribution in [1.29, 1.82) is 0 Å². The zero-order valence-electron chi connectivity index (χ0n) is 10.7. The van der Waals surface area contributed by atoms with Crippen LogP contribution in [0.4, 0.5) is 10.1 Å². The lowest BCUT2D eigenvalue weighted by Crippen LogP contribution is -2.21. The van der Waals surface area contributed by atoms with Gasteiger partial charge in [-0.15, -0.1) is 0 Å². The van der Waals surface area contributed by atoms with Crippen LogP contribution in [0.1, 0.15) is 17.2 Å². The zero-order valence-corrected chi connectivity index (χ0v) is 12.2. The minimum Gasteiger partial charge on any atom is -0.375 e. The van der Waals surface area contributed by atoms with Crippen LogP contribution < -0.4 is 11.1 Å². The van der Waals surface area contributed by atoms with E-state index in [9.17, 15) is 4.39 Å². The van der Waals surface area contributed by atoms with Crippen molar-refractivity contribution in [1.82, 2.24) is 0 Å². The summed E-state index contributed by atoms with van der Waals surface area (Å²) in [5.41, 5.74) is 8.46. The molecule has 0 aromatic heterocycles. The highest BCUT2D eigenvalue weighted by Crippen LogP contribution is 2.27. The Kier molecular flexibility index (Phi) is 4.56. The van der Waals surface area contributed by atoms with Crippen LogP contribution in [0.3, 0.4) is 0 Å². The van der Waals surface area contributed by atoms with Gasteiger partial charge in [0.2, 0.25) is 0 Å². The van der Waals surface area contributed by atoms with Gasteiger partial charge in [-0.05, 0) is 36.2 Å². The van der Waals surface area contributed by atoms with E-state index in [0.29, 0.717) is 12.2 Å². The Bertz CT molecular complexity index is 572. The molecule has 0 amide bonds. The van der Waals surface area contributed by atoms with Crippen molar-refractivity contribution in [3.05, 3.63) is 63.9 Å². The highest BCUT2D eigenvalue weighted by molar-refractivity contribution is 9.10. The fourth-order valence-corrected chi connectivity index (χ4v) is 2.71. The topological polar surface area (TPSA) is 38.0 Å². The standard InChI is InChI=1S/C15H16BrFN2/c1-10-6-7-11(12(16)8-10)15(9-18)19-14-5-3-2-4-13(14)17/h2-8,15,19H,9,18H2,1H3. The van der Waals surface area contributed by atoms with E-state index in [2.05, 4.69) is 21.2 Å². The molecule has 0 fully saturated rings. The van der Waals surface area contributed by atoms with Crippen molar-refractivity contribution in [2.24, 2.45) is 5.73 Å². The van der Waals surface area contributed by atoms with Crippen molar-refractivity contribution < 1.29 is 4.39 Å². The molecule has 19 heavy (non-hydrogen) atoms. The summed E-state index contributed by atoms with van der Waals surface area (Å²) in [6, 6.07) is 12.5.